The summed E-state index contributed by atoms with van der Waals surface area (Å²) in [5, 5.41) is 9.57. The lowest BCUT2D eigenvalue weighted by molar-refractivity contribution is -0.134. The van der Waals surface area contributed by atoms with Crippen LogP contribution in [-0.2, 0) is 4.79 Å². The molecule has 0 unspecified atom stereocenters. The van der Waals surface area contributed by atoms with Crippen molar-refractivity contribution in [1.29, 1.82) is 0 Å². The highest BCUT2D eigenvalue weighted by molar-refractivity contribution is 5.76. The van der Waals surface area contributed by atoms with Gasteiger partial charge in [-0.05, 0) is 33.7 Å². The van der Waals surface area contributed by atoms with Gasteiger partial charge < -0.3 is 15.7 Å². The van der Waals surface area contributed by atoms with Crippen molar-refractivity contribution < 1.29 is 9.90 Å². The van der Waals surface area contributed by atoms with Gasteiger partial charge in [-0.15, -0.1) is 0 Å². The average Bonchev–Trinajstić information content (AvgIpc) is 2.08. The summed E-state index contributed by atoms with van der Waals surface area (Å²) < 4.78 is 0. The number of likely N-dealkylation sites (N-methyl/N-ethyl adjacent to an activating group) is 1. The van der Waals surface area contributed by atoms with Crippen LogP contribution in [0.4, 0.5) is 0 Å². The molecule has 0 aromatic rings. The second kappa shape index (κ2) is 5.98. The molecule has 1 amide bonds. The van der Waals surface area contributed by atoms with Crippen molar-refractivity contribution in [2.24, 2.45) is 5.73 Å². The molecular formula is C10H22N2O2. The number of carbonyl (C=O) groups excluding carboxylic acids is 1. The van der Waals surface area contributed by atoms with Gasteiger partial charge in [0.15, 0.2) is 0 Å². The van der Waals surface area contributed by atoms with E-state index in [-0.39, 0.29) is 5.91 Å². The van der Waals surface area contributed by atoms with E-state index in [9.17, 15) is 9.90 Å². The molecule has 0 bridgehead atoms. The maximum absolute atomic E-state index is 11.6. The second-order valence-electron chi connectivity index (χ2n) is 4.11. The highest BCUT2D eigenvalue weighted by Crippen LogP contribution is 2.06. The Morgan fingerprint density at radius 1 is 1.50 bits per heavy atom. The van der Waals surface area contributed by atoms with Gasteiger partial charge in [0.25, 0.3) is 0 Å². The first-order valence-corrected chi connectivity index (χ1v) is 5.11. The molecule has 0 aliphatic carbocycles. The summed E-state index contributed by atoms with van der Waals surface area (Å²) in [5.74, 6) is 0.0695. The summed E-state index contributed by atoms with van der Waals surface area (Å²) in [6.07, 6.45) is 1.18. The molecule has 0 aromatic carbocycles. The molecule has 0 rings (SSSR count). The first-order chi connectivity index (χ1) is 6.40. The van der Waals surface area contributed by atoms with Crippen LogP contribution in [-0.4, -0.2) is 41.1 Å². The molecule has 3 N–H and O–H groups in total. The van der Waals surface area contributed by atoms with E-state index in [2.05, 4.69) is 0 Å². The van der Waals surface area contributed by atoms with Crippen LogP contribution < -0.4 is 5.73 Å². The smallest absolute Gasteiger partial charge is 0.222 e. The Hall–Kier alpha value is -0.610. The summed E-state index contributed by atoms with van der Waals surface area (Å²) in [7, 11) is 0. The molecular weight excluding hydrogens is 180 g/mol. The van der Waals surface area contributed by atoms with Crippen molar-refractivity contribution in [2.45, 2.75) is 39.2 Å². The first-order valence-electron chi connectivity index (χ1n) is 5.11. The van der Waals surface area contributed by atoms with Gasteiger partial charge in [0, 0.05) is 19.5 Å². The number of nitrogens with zero attached hydrogens (tertiary/aromatic N) is 1. The van der Waals surface area contributed by atoms with Crippen molar-refractivity contribution in [3.8, 4) is 0 Å². The number of hydrogen-bond acceptors (Lipinski definition) is 3. The monoisotopic (exact) mass is 202 g/mol. The van der Waals surface area contributed by atoms with E-state index in [4.69, 9.17) is 5.73 Å². The van der Waals surface area contributed by atoms with E-state index < -0.39 is 5.60 Å². The van der Waals surface area contributed by atoms with Crippen LogP contribution in [0, 0.1) is 0 Å². The van der Waals surface area contributed by atoms with E-state index in [0.29, 0.717) is 32.5 Å². The lowest BCUT2D eigenvalue weighted by Gasteiger charge is -2.28. The molecule has 4 nitrogen and oxygen atoms in total. The van der Waals surface area contributed by atoms with Crippen molar-refractivity contribution in [1.82, 2.24) is 4.90 Å². The fourth-order valence-corrected chi connectivity index (χ4v) is 1.25. The van der Waals surface area contributed by atoms with Crippen molar-refractivity contribution in [3.63, 3.8) is 0 Å². The third-order valence-electron chi connectivity index (χ3n) is 1.91. The molecule has 0 aliphatic rings. The molecule has 0 saturated heterocycles. The summed E-state index contributed by atoms with van der Waals surface area (Å²) in [4.78, 5) is 13.2. The van der Waals surface area contributed by atoms with Crippen LogP contribution in [0.15, 0.2) is 0 Å². The van der Waals surface area contributed by atoms with E-state index in [1.807, 2.05) is 6.92 Å². The Morgan fingerprint density at radius 3 is 2.43 bits per heavy atom. The Morgan fingerprint density at radius 2 is 2.07 bits per heavy atom. The Kier molecular flexibility index (Phi) is 5.72. The molecule has 0 fully saturated rings. The Balaban J connectivity index is 4.06. The Bertz CT molecular complexity index is 175. The standard InChI is InChI=1S/C10H22N2O2/c1-4-12(8-10(2,3)14)9(13)6-5-7-11/h14H,4-8,11H2,1-3H3. The van der Waals surface area contributed by atoms with E-state index >= 15 is 0 Å². The molecule has 0 spiro atoms. The minimum absolute atomic E-state index is 0.0695. The minimum Gasteiger partial charge on any atom is -0.389 e. The normalized spacial score (nSPS) is 11.5. The number of amides is 1. The van der Waals surface area contributed by atoms with Gasteiger partial charge >= 0.3 is 0 Å². The zero-order chi connectivity index (χ0) is 11.2. The van der Waals surface area contributed by atoms with E-state index in [1.54, 1.807) is 18.7 Å². The number of hydrogen-bond donors (Lipinski definition) is 2. The molecule has 14 heavy (non-hydrogen) atoms. The first kappa shape index (κ1) is 13.4. The Labute approximate surface area is 86.1 Å². The van der Waals surface area contributed by atoms with Gasteiger partial charge in [-0.1, -0.05) is 0 Å². The van der Waals surface area contributed by atoms with Gasteiger partial charge in [0.1, 0.15) is 0 Å². The van der Waals surface area contributed by atoms with Crippen LogP contribution in [0.1, 0.15) is 33.6 Å². The molecule has 0 heterocycles. The molecule has 0 aliphatic heterocycles. The summed E-state index contributed by atoms with van der Waals surface area (Å²) >= 11 is 0. The number of nitrogens with two attached hydrogens (primary N) is 1. The highest BCUT2D eigenvalue weighted by Gasteiger charge is 2.20. The SMILES string of the molecule is CCN(CC(C)(C)O)C(=O)CCCN. The van der Waals surface area contributed by atoms with Gasteiger partial charge in [-0.2, -0.15) is 0 Å². The molecule has 0 aromatic heterocycles. The van der Waals surface area contributed by atoms with Crippen LogP contribution in [0.5, 0.6) is 0 Å². The lowest BCUT2D eigenvalue weighted by Crippen LogP contribution is -2.42. The number of rotatable bonds is 6. The van der Waals surface area contributed by atoms with Crippen LogP contribution in [0.2, 0.25) is 0 Å². The van der Waals surface area contributed by atoms with Gasteiger partial charge in [-0.25, -0.2) is 0 Å². The van der Waals surface area contributed by atoms with Gasteiger partial charge in [0.2, 0.25) is 5.91 Å². The zero-order valence-electron chi connectivity index (χ0n) is 9.42. The molecule has 84 valence electrons. The molecule has 0 radical (unpaired) electrons. The lowest BCUT2D eigenvalue weighted by atomic mass is 10.1. The fourth-order valence-electron chi connectivity index (χ4n) is 1.25. The van der Waals surface area contributed by atoms with Crippen LogP contribution >= 0.6 is 0 Å². The summed E-state index contributed by atoms with van der Waals surface area (Å²) in [6.45, 7) is 6.86. The molecule has 0 atom stereocenters. The van der Waals surface area contributed by atoms with Crippen LogP contribution in [0.3, 0.4) is 0 Å². The third kappa shape index (κ3) is 5.94. The molecule has 0 saturated carbocycles. The third-order valence-corrected chi connectivity index (χ3v) is 1.91. The highest BCUT2D eigenvalue weighted by atomic mass is 16.3. The fraction of sp³-hybridized carbons (Fsp3) is 0.900. The zero-order valence-corrected chi connectivity index (χ0v) is 9.42. The van der Waals surface area contributed by atoms with E-state index in [0.717, 1.165) is 0 Å². The average molecular weight is 202 g/mol. The quantitative estimate of drug-likeness (QED) is 0.653. The van der Waals surface area contributed by atoms with Gasteiger partial charge in [0.05, 0.1) is 5.60 Å². The predicted octanol–water partition coefficient (Wildman–Crippen LogP) is 0.345. The summed E-state index contributed by atoms with van der Waals surface area (Å²) in [5.41, 5.74) is 4.50. The maximum Gasteiger partial charge on any atom is 0.222 e. The van der Waals surface area contributed by atoms with E-state index in [1.165, 1.54) is 0 Å². The minimum atomic E-state index is -0.825. The van der Waals surface area contributed by atoms with Crippen molar-refractivity contribution in [2.75, 3.05) is 19.6 Å². The van der Waals surface area contributed by atoms with Crippen LogP contribution in [0.25, 0.3) is 0 Å². The summed E-state index contributed by atoms with van der Waals surface area (Å²) in [6, 6.07) is 0. The largest absolute Gasteiger partial charge is 0.389 e. The number of aliphatic hydroxyl groups is 1. The molecule has 4 heteroatoms. The maximum atomic E-state index is 11.6. The number of carbonyl (C=O) groups is 1. The topological polar surface area (TPSA) is 66.6 Å². The van der Waals surface area contributed by atoms with Gasteiger partial charge in [-0.3, -0.25) is 4.79 Å². The second-order valence-corrected chi connectivity index (χ2v) is 4.11. The predicted molar refractivity (Wildman–Crippen MR) is 56.8 cm³/mol. The van der Waals surface area contributed by atoms with Crippen molar-refractivity contribution >= 4 is 5.91 Å². The van der Waals surface area contributed by atoms with Crippen molar-refractivity contribution in [3.05, 3.63) is 0 Å².